The predicted octanol–water partition coefficient (Wildman–Crippen LogP) is 1.09. The second-order valence-corrected chi connectivity index (χ2v) is 5.41. The molecule has 0 atom stereocenters. The van der Waals surface area contributed by atoms with E-state index in [0.29, 0.717) is 13.1 Å². The number of rotatable bonds is 2. The van der Waals surface area contributed by atoms with E-state index in [-0.39, 0.29) is 5.56 Å². The van der Waals surface area contributed by atoms with Gasteiger partial charge in [-0.1, -0.05) is 0 Å². The Hall–Kier alpha value is -1.53. The molecule has 5 nitrogen and oxygen atoms in total. The van der Waals surface area contributed by atoms with Crippen molar-refractivity contribution in [1.29, 1.82) is 0 Å². The van der Waals surface area contributed by atoms with Crippen molar-refractivity contribution in [1.82, 2.24) is 19.9 Å². The third-order valence-corrected chi connectivity index (χ3v) is 3.65. The van der Waals surface area contributed by atoms with Gasteiger partial charge in [-0.2, -0.15) is 0 Å². The minimum atomic E-state index is 0.0521. The van der Waals surface area contributed by atoms with E-state index in [9.17, 15) is 4.79 Å². The van der Waals surface area contributed by atoms with E-state index in [1.807, 2.05) is 12.1 Å². The van der Waals surface area contributed by atoms with Crippen LogP contribution in [-0.4, -0.2) is 21.1 Å². The maximum absolute atomic E-state index is 12.3. The summed E-state index contributed by atoms with van der Waals surface area (Å²) in [5.74, 6) is 0. The number of pyridine rings is 1. The Morgan fingerprint density at radius 2 is 2.26 bits per heavy atom. The predicted molar refractivity (Wildman–Crippen MR) is 74.9 cm³/mol. The maximum atomic E-state index is 12.3. The zero-order chi connectivity index (χ0) is 13.2. The lowest BCUT2D eigenvalue weighted by molar-refractivity contribution is 0.594. The number of fused-ring (bicyclic) bond motifs is 1. The minimum absolute atomic E-state index is 0.0521. The quantitative estimate of drug-likeness (QED) is 0.900. The fourth-order valence-corrected chi connectivity index (χ4v) is 2.41. The lowest BCUT2D eigenvalue weighted by Gasteiger charge is -2.16. The van der Waals surface area contributed by atoms with Crippen LogP contribution in [0.4, 0.5) is 0 Å². The van der Waals surface area contributed by atoms with Crippen LogP contribution in [0.25, 0.3) is 0 Å². The van der Waals surface area contributed by atoms with Gasteiger partial charge in [0.25, 0.3) is 5.56 Å². The van der Waals surface area contributed by atoms with Crippen molar-refractivity contribution in [3.05, 3.63) is 56.4 Å². The number of nitrogens with one attached hydrogen (secondary N) is 1. The molecular formula is C13H13BrN4O. The fourth-order valence-electron chi connectivity index (χ4n) is 2.18. The maximum Gasteiger partial charge on any atom is 0.257 e. The van der Waals surface area contributed by atoms with E-state index in [0.717, 1.165) is 34.4 Å². The molecule has 3 rings (SSSR count). The fraction of sp³-hybridized carbons (Fsp3) is 0.308. The number of hydrogen-bond donors (Lipinski definition) is 1. The summed E-state index contributed by atoms with van der Waals surface area (Å²) in [5.41, 5.74) is 2.60. The Balaban J connectivity index is 1.93. The largest absolute Gasteiger partial charge is 0.311 e. The molecule has 0 saturated heterocycles. The molecule has 0 bridgehead atoms. The topological polar surface area (TPSA) is 59.8 Å². The van der Waals surface area contributed by atoms with Gasteiger partial charge in [-0.05, 0) is 41.0 Å². The average Bonchev–Trinajstić information content (AvgIpc) is 2.45. The molecule has 6 heteroatoms. The Kier molecular flexibility index (Phi) is 3.44. The summed E-state index contributed by atoms with van der Waals surface area (Å²) >= 11 is 3.34. The van der Waals surface area contributed by atoms with Gasteiger partial charge >= 0.3 is 0 Å². The average molecular weight is 321 g/mol. The van der Waals surface area contributed by atoms with Crippen molar-refractivity contribution < 1.29 is 0 Å². The summed E-state index contributed by atoms with van der Waals surface area (Å²) < 4.78 is 2.55. The Morgan fingerprint density at radius 1 is 1.37 bits per heavy atom. The SMILES string of the molecule is O=c1c2c(ncn1Cc1ccc(Br)cn1)CNCC2. The van der Waals surface area contributed by atoms with Crippen LogP contribution < -0.4 is 10.9 Å². The van der Waals surface area contributed by atoms with E-state index < -0.39 is 0 Å². The first-order valence-electron chi connectivity index (χ1n) is 6.12. The van der Waals surface area contributed by atoms with Gasteiger partial charge in [-0.25, -0.2) is 4.98 Å². The standard InChI is InChI=1S/C13H13BrN4O/c14-9-1-2-10(16-5-9)7-18-8-17-12-6-15-4-3-11(12)13(18)19/h1-2,5,8,15H,3-4,6-7H2. The van der Waals surface area contributed by atoms with Gasteiger partial charge in [-0.15, -0.1) is 0 Å². The van der Waals surface area contributed by atoms with E-state index in [1.165, 1.54) is 0 Å². The lowest BCUT2D eigenvalue weighted by atomic mass is 10.1. The first kappa shape index (κ1) is 12.5. The molecule has 3 heterocycles. The summed E-state index contributed by atoms with van der Waals surface area (Å²) in [7, 11) is 0. The minimum Gasteiger partial charge on any atom is -0.311 e. The van der Waals surface area contributed by atoms with Crippen LogP contribution >= 0.6 is 15.9 Å². The second kappa shape index (κ2) is 5.22. The molecule has 1 aliphatic heterocycles. The summed E-state index contributed by atoms with van der Waals surface area (Å²) in [6.45, 7) is 1.98. The van der Waals surface area contributed by atoms with E-state index in [2.05, 4.69) is 31.2 Å². The molecule has 0 radical (unpaired) electrons. The van der Waals surface area contributed by atoms with Gasteiger partial charge in [0.05, 0.1) is 24.3 Å². The summed E-state index contributed by atoms with van der Waals surface area (Å²) in [6.07, 6.45) is 4.09. The molecule has 0 amide bonds. The van der Waals surface area contributed by atoms with Crippen molar-refractivity contribution in [3.8, 4) is 0 Å². The first-order valence-corrected chi connectivity index (χ1v) is 6.91. The molecule has 2 aromatic rings. The molecular weight excluding hydrogens is 308 g/mol. The summed E-state index contributed by atoms with van der Waals surface area (Å²) in [4.78, 5) is 21.0. The van der Waals surface area contributed by atoms with Crippen LogP contribution in [-0.2, 0) is 19.5 Å². The van der Waals surface area contributed by atoms with Crippen LogP contribution in [0, 0.1) is 0 Å². The Morgan fingerprint density at radius 3 is 3.05 bits per heavy atom. The summed E-state index contributed by atoms with van der Waals surface area (Å²) in [5, 5.41) is 3.22. The molecule has 0 saturated carbocycles. The smallest absolute Gasteiger partial charge is 0.257 e. The molecule has 2 aromatic heterocycles. The Bertz CT molecular complexity index is 651. The Labute approximate surface area is 118 Å². The molecule has 98 valence electrons. The molecule has 0 aliphatic carbocycles. The third kappa shape index (κ3) is 2.59. The van der Waals surface area contributed by atoms with Crippen LogP contribution in [0.3, 0.4) is 0 Å². The van der Waals surface area contributed by atoms with Gasteiger partial charge in [-0.3, -0.25) is 14.3 Å². The normalized spacial score (nSPS) is 14.2. The van der Waals surface area contributed by atoms with Crippen molar-refractivity contribution in [3.63, 3.8) is 0 Å². The lowest BCUT2D eigenvalue weighted by Crippen LogP contribution is -2.34. The second-order valence-electron chi connectivity index (χ2n) is 4.50. The van der Waals surface area contributed by atoms with Gasteiger partial charge in [0.1, 0.15) is 0 Å². The molecule has 0 fully saturated rings. The summed E-state index contributed by atoms with van der Waals surface area (Å²) in [6, 6.07) is 3.82. The van der Waals surface area contributed by atoms with Gasteiger partial charge in [0, 0.05) is 22.8 Å². The monoisotopic (exact) mass is 320 g/mol. The highest BCUT2D eigenvalue weighted by Crippen LogP contribution is 2.09. The highest BCUT2D eigenvalue weighted by atomic mass is 79.9. The number of halogens is 1. The van der Waals surface area contributed by atoms with Crippen LogP contribution in [0.1, 0.15) is 17.0 Å². The van der Waals surface area contributed by atoms with Crippen molar-refractivity contribution >= 4 is 15.9 Å². The molecule has 19 heavy (non-hydrogen) atoms. The number of nitrogens with zero attached hydrogens (tertiary/aromatic N) is 3. The molecule has 1 N–H and O–H groups in total. The van der Waals surface area contributed by atoms with Gasteiger partial charge in [0.2, 0.25) is 0 Å². The van der Waals surface area contributed by atoms with Crippen LogP contribution in [0.5, 0.6) is 0 Å². The zero-order valence-corrected chi connectivity index (χ0v) is 11.9. The molecule has 0 aromatic carbocycles. The van der Waals surface area contributed by atoms with Gasteiger partial charge < -0.3 is 5.32 Å². The van der Waals surface area contributed by atoms with E-state index in [1.54, 1.807) is 17.1 Å². The first-order chi connectivity index (χ1) is 9.24. The highest BCUT2D eigenvalue weighted by Gasteiger charge is 2.15. The molecule has 0 unspecified atom stereocenters. The van der Waals surface area contributed by atoms with E-state index >= 15 is 0 Å². The number of hydrogen-bond acceptors (Lipinski definition) is 4. The third-order valence-electron chi connectivity index (χ3n) is 3.19. The van der Waals surface area contributed by atoms with Crippen LogP contribution in [0.15, 0.2) is 33.9 Å². The molecule has 1 aliphatic rings. The molecule has 0 spiro atoms. The van der Waals surface area contributed by atoms with Crippen molar-refractivity contribution in [2.75, 3.05) is 6.54 Å². The zero-order valence-electron chi connectivity index (χ0n) is 10.3. The number of aromatic nitrogens is 3. The van der Waals surface area contributed by atoms with Crippen LogP contribution in [0.2, 0.25) is 0 Å². The highest BCUT2D eigenvalue weighted by molar-refractivity contribution is 9.10. The van der Waals surface area contributed by atoms with Crippen molar-refractivity contribution in [2.24, 2.45) is 0 Å². The van der Waals surface area contributed by atoms with Crippen molar-refractivity contribution in [2.45, 2.75) is 19.5 Å². The van der Waals surface area contributed by atoms with Gasteiger partial charge in [0.15, 0.2) is 0 Å². The van der Waals surface area contributed by atoms with E-state index in [4.69, 9.17) is 0 Å².